The molecule has 2 rings (SSSR count). The van der Waals surface area contributed by atoms with E-state index in [1.807, 2.05) is 6.20 Å². The zero-order valence-electron chi connectivity index (χ0n) is 11.8. The second-order valence-corrected chi connectivity index (χ2v) is 6.44. The number of aromatic nitrogens is 2. The van der Waals surface area contributed by atoms with Crippen LogP contribution in [0, 0.1) is 0 Å². The lowest BCUT2D eigenvalue weighted by atomic mass is 9.92. The molecule has 3 nitrogen and oxygen atoms in total. The molecule has 0 radical (unpaired) electrons. The largest absolute Gasteiger partial charge is 0.371 e. The van der Waals surface area contributed by atoms with Gasteiger partial charge in [-0.15, -0.1) is 11.3 Å². The van der Waals surface area contributed by atoms with Crippen LogP contribution in [0.15, 0.2) is 12.5 Å². The van der Waals surface area contributed by atoms with Crippen LogP contribution in [0.3, 0.4) is 0 Å². The standard InChI is InChI=1S/C14H21N3S/c1-6-17(7-2)11-10-8-15-9-16-13(10)18-12(11)14(3,4)5/h8-9H,6-7H2,1-5H3. The van der Waals surface area contributed by atoms with Crippen LogP contribution in [0.4, 0.5) is 5.69 Å². The smallest absolute Gasteiger partial charge is 0.129 e. The van der Waals surface area contributed by atoms with E-state index in [1.165, 1.54) is 16.0 Å². The number of thiophene rings is 1. The average Bonchev–Trinajstić information content (AvgIpc) is 2.71. The van der Waals surface area contributed by atoms with Crippen molar-refractivity contribution in [3.63, 3.8) is 0 Å². The third kappa shape index (κ3) is 2.21. The van der Waals surface area contributed by atoms with Gasteiger partial charge < -0.3 is 4.90 Å². The molecule has 0 spiro atoms. The van der Waals surface area contributed by atoms with E-state index in [0.29, 0.717) is 0 Å². The Labute approximate surface area is 113 Å². The highest BCUT2D eigenvalue weighted by atomic mass is 32.1. The van der Waals surface area contributed by atoms with Gasteiger partial charge in [0, 0.05) is 24.2 Å². The van der Waals surface area contributed by atoms with Crippen molar-refractivity contribution in [3.8, 4) is 0 Å². The van der Waals surface area contributed by atoms with Crippen molar-refractivity contribution in [1.29, 1.82) is 0 Å². The Balaban J connectivity index is 2.73. The van der Waals surface area contributed by atoms with Gasteiger partial charge in [0.25, 0.3) is 0 Å². The van der Waals surface area contributed by atoms with Crippen molar-refractivity contribution in [3.05, 3.63) is 17.4 Å². The number of hydrogen-bond donors (Lipinski definition) is 0. The lowest BCUT2D eigenvalue weighted by molar-refractivity contribution is 0.602. The molecule has 0 atom stereocenters. The maximum Gasteiger partial charge on any atom is 0.129 e. The normalized spacial score (nSPS) is 12.1. The van der Waals surface area contributed by atoms with Crippen LogP contribution in [-0.4, -0.2) is 23.1 Å². The summed E-state index contributed by atoms with van der Waals surface area (Å²) in [5.74, 6) is 0. The Morgan fingerprint density at radius 1 is 1.22 bits per heavy atom. The first-order chi connectivity index (χ1) is 8.49. The zero-order chi connectivity index (χ0) is 13.3. The molecule has 98 valence electrons. The fraction of sp³-hybridized carbons (Fsp3) is 0.571. The molecule has 0 aliphatic heterocycles. The van der Waals surface area contributed by atoms with Gasteiger partial charge in [-0.25, -0.2) is 9.97 Å². The molecule has 0 aromatic carbocycles. The molecule has 4 heteroatoms. The highest BCUT2D eigenvalue weighted by molar-refractivity contribution is 7.19. The minimum absolute atomic E-state index is 0.142. The zero-order valence-corrected chi connectivity index (χ0v) is 12.6. The minimum atomic E-state index is 0.142. The number of hydrogen-bond acceptors (Lipinski definition) is 4. The van der Waals surface area contributed by atoms with Gasteiger partial charge in [0.1, 0.15) is 11.2 Å². The SMILES string of the molecule is CCN(CC)c1c(C(C)(C)C)sc2ncncc12. The van der Waals surface area contributed by atoms with Gasteiger partial charge in [-0.2, -0.15) is 0 Å². The molecule has 0 saturated heterocycles. The quantitative estimate of drug-likeness (QED) is 0.842. The van der Waals surface area contributed by atoms with Crippen molar-refractivity contribution in [2.45, 2.75) is 40.0 Å². The Kier molecular flexibility index (Phi) is 3.57. The molecular weight excluding hydrogens is 242 g/mol. The molecule has 0 aliphatic carbocycles. The Morgan fingerprint density at radius 3 is 2.44 bits per heavy atom. The molecule has 0 bridgehead atoms. The van der Waals surface area contributed by atoms with Crippen LogP contribution in [0.1, 0.15) is 39.5 Å². The van der Waals surface area contributed by atoms with E-state index in [9.17, 15) is 0 Å². The molecule has 0 saturated carbocycles. The van der Waals surface area contributed by atoms with Gasteiger partial charge in [-0.1, -0.05) is 20.8 Å². The van der Waals surface area contributed by atoms with Crippen LogP contribution >= 0.6 is 11.3 Å². The number of nitrogens with zero attached hydrogens (tertiary/aromatic N) is 3. The maximum atomic E-state index is 4.41. The van der Waals surface area contributed by atoms with Gasteiger partial charge in [-0.05, 0) is 19.3 Å². The predicted molar refractivity (Wildman–Crippen MR) is 79.7 cm³/mol. The second kappa shape index (κ2) is 4.84. The van der Waals surface area contributed by atoms with Gasteiger partial charge in [0.15, 0.2) is 0 Å². The Morgan fingerprint density at radius 2 is 1.89 bits per heavy atom. The Bertz CT molecular complexity index is 535. The second-order valence-electron chi connectivity index (χ2n) is 5.44. The summed E-state index contributed by atoms with van der Waals surface area (Å²) in [6.45, 7) is 13.2. The van der Waals surface area contributed by atoms with Crippen molar-refractivity contribution in [1.82, 2.24) is 9.97 Å². The fourth-order valence-corrected chi connectivity index (χ4v) is 3.39. The van der Waals surface area contributed by atoms with Gasteiger partial charge >= 0.3 is 0 Å². The topological polar surface area (TPSA) is 29.0 Å². The highest BCUT2D eigenvalue weighted by Crippen LogP contribution is 2.43. The molecule has 2 aromatic heterocycles. The van der Waals surface area contributed by atoms with Crippen LogP contribution in [0.25, 0.3) is 10.2 Å². The minimum Gasteiger partial charge on any atom is -0.371 e. The molecule has 18 heavy (non-hydrogen) atoms. The summed E-state index contributed by atoms with van der Waals surface area (Å²) in [5, 5.41) is 1.19. The van der Waals surface area contributed by atoms with Crippen molar-refractivity contribution in [2.75, 3.05) is 18.0 Å². The van der Waals surface area contributed by atoms with E-state index in [2.05, 4.69) is 49.5 Å². The Hall–Kier alpha value is -1.16. The summed E-state index contributed by atoms with van der Waals surface area (Å²) in [6, 6.07) is 0. The summed E-state index contributed by atoms with van der Waals surface area (Å²) < 4.78 is 0. The van der Waals surface area contributed by atoms with E-state index < -0.39 is 0 Å². The van der Waals surface area contributed by atoms with Crippen LogP contribution in [-0.2, 0) is 5.41 Å². The maximum absolute atomic E-state index is 4.41. The van der Waals surface area contributed by atoms with Crippen LogP contribution < -0.4 is 4.90 Å². The summed E-state index contributed by atoms with van der Waals surface area (Å²) in [6.07, 6.45) is 3.58. The third-order valence-corrected chi connectivity index (χ3v) is 4.63. The van der Waals surface area contributed by atoms with Gasteiger partial charge in [0.05, 0.1) is 11.1 Å². The van der Waals surface area contributed by atoms with Gasteiger partial charge in [-0.3, -0.25) is 0 Å². The summed E-state index contributed by atoms with van der Waals surface area (Å²) >= 11 is 1.80. The highest BCUT2D eigenvalue weighted by Gasteiger charge is 2.26. The number of rotatable bonds is 3. The third-order valence-electron chi connectivity index (χ3n) is 3.11. The lowest BCUT2D eigenvalue weighted by Crippen LogP contribution is -2.25. The fourth-order valence-electron chi connectivity index (χ4n) is 2.19. The van der Waals surface area contributed by atoms with Crippen molar-refractivity contribution in [2.24, 2.45) is 0 Å². The van der Waals surface area contributed by atoms with Gasteiger partial charge in [0.2, 0.25) is 0 Å². The molecule has 0 N–H and O–H groups in total. The summed E-state index contributed by atoms with van der Waals surface area (Å²) in [7, 11) is 0. The first kappa shape index (κ1) is 13.3. The average molecular weight is 263 g/mol. The first-order valence-corrected chi connectivity index (χ1v) is 7.28. The first-order valence-electron chi connectivity index (χ1n) is 6.47. The van der Waals surface area contributed by atoms with Crippen molar-refractivity contribution >= 4 is 27.2 Å². The van der Waals surface area contributed by atoms with E-state index in [1.54, 1.807) is 17.7 Å². The molecule has 0 unspecified atom stereocenters. The molecular formula is C14H21N3S. The van der Waals surface area contributed by atoms with E-state index >= 15 is 0 Å². The lowest BCUT2D eigenvalue weighted by Gasteiger charge is -2.27. The van der Waals surface area contributed by atoms with E-state index in [4.69, 9.17) is 0 Å². The van der Waals surface area contributed by atoms with Crippen LogP contribution in [0.5, 0.6) is 0 Å². The molecule has 2 aromatic rings. The van der Waals surface area contributed by atoms with Crippen molar-refractivity contribution < 1.29 is 0 Å². The summed E-state index contributed by atoms with van der Waals surface area (Å²) in [4.78, 5) is 13.5. The molecule has 0 aliphatic rings. The number of anilines is 1. The molecule has 0 amide bonds. The monoisotopic (exact) mass is 263 g/mol. The molecule has 2 heterocycles. The van der Waals surface area contributed by atoms with E-state index in [-0.39, 0.29) is 5.41 Å². The van der Waals surface area contributed by atoms with Crippen LogP contribution in [0.2, 0.25) is 0 Å². The van der Waals surface area contributed by atoms with E-state index in [0.717, 1.165) is 17.9 Å². The summed E-state index contributed by atoms with van der Waals surface area (Å²) in [5.41, 5.74) is 1.47. The molecule has 0 fully saturated rings. The predicted octanol–water partition coefficient (Wildman–Crippen LogP) is 3.84. The number of fused-ring (bicyclic) bond motifs is 1.